The number of rotatable bonds is 16. The monoisotopic (exact) mass is 332 g/mol. The molecule has 0 aliphatic heterocycles. The maximum atomic E-state index is 5.88. The Morgan fingerprint density at radius 1 is 0.739 bits per heavy atom. The third kappa shape index (κ3) is 15.1. The topological polar surface area (TPSA) is 49.0 Å². The lowest BCUT2D eigenvalue weighted by Crippen LogP contribution is -2.36. The maximum absolute atomic E-state index is 5.88. The van der Waals surface area contributed by atoms with Crippen LogP contribution >= 0.6 is 0 Å². The molecule has 0 bridgehead atoms. The third-order valence-corrected chi connectivity index (χ3v) is 3.78. The van der Waals surface area contributed by atoms with Crippen molar-refractivity contribution >= 4 is 0 Å². The van der Waals surface area contributed by atoms with Crippen LogP contribution in [0.15, 0.2) is 0 Å². The molecule has 0 aliphatic carbocycles. The van der Waals surface area contributed by atoms with Crippen LogP contribution in [0, 0.1) is 0 Å². The second-order valence-corrected chi connectivity index (χ2v) is 6.62. The number of hydrogen-bond donors (Lipinski definition) is 2. The van der Waals surface area contributed by atoms with Gasteiger partial charge in [0.2, 0.25) is 0 Å². The second-order valence-electron chi connectivity index (χ2n) is 6.62. The Kier molecular flexibility index (Phi) is 14.0. The van der Waals surface area contributed by atoms with E-state index in [1.54, 1.807) is 0 Å². The van der Waals surface area contributed by atoms with Gasteiger partial charge < -0.3 is 29.9 Å². The molecule has 0 saturated heterocycles. The van der Waals surface area contributed by atoms with Crippen LogP contribution in [0.5, 0.6) is 0 Å². The third-order valence-electron chi connectivity index (χ3n) is 3.78. The summed E-state index contributed by atoms with van der Waals surface area (Å²) in [6.45, 7) is 11.5. The van der Waals surface area contributed by atoms with Crippen molar-refractivity contribution in [3.63, 3.8) is 0 Å². The highest BCUT2D eigenvalue weighted by molar-refractivity contribution is 4.59. The van der Waals surface area contributed by atoms with E-state index in [1.807, 2.05) is 27.9 Å². The molecule has 0 amide bonds. The van der Waals surface area contributed by atoms with Gasteiger partial charge in [0.25, 0.3) is 0 Å². The normalized spacial score (nSPS) is 12.5. The molecule has 0 saturated carbocycles. The van der Waals surface area contributed by atoms with E-state index in [0.717, 1.165) is 52.1 Å². The molecule has 0 aliphatic rings. The number of nitrogens with zero attached hydrogens (tertiary/aromatic N) is 2. The minimum atomic E-state index is -0.516. The van der Waals surface area contributed by atoms with E-state index in [-0.39, 0.29) is 0 Å². The fraction of sp³-hybridized carbons (Fsp3) is 1.00. The Morgan fingerprint density at radius 2 is 1.13 bits per heavy atom. The van der Waals surface area contributed by atoms with Gasteiger partial charge in [0.1, 0.15) is 0 Å². The lowest BCUT2D eigenvalue weighted by Gasteiger charge is -2.28. The van der Waals surface area contributed by atoms with Gasteiger partial charge in [-0.25, -0.2) is 0 Å². The van der Waals surface area contributed by atoms with Crippen LogP contribution < -0.4 is 10.6 Å². The summed E-state index contributed by atoms with van der Waals surface area (Å²) in [7, 11) is 8.24. The summed E-state index contributed by atoms with van der Waals surface area (Å²) in [5, 5.41) is 6.33. The van der Waals surface area contributed by atoms with Crippen molar-refractivity contribution in [2.45, 2.75) is 32.5 Å². The van der Waals surface area contributed by atoms with Gasteiger partial charge in [0.15, 0.2) is 5.79 Å². The maximum Gasteiger partial charge on any atom is 0.162 e. The summed E-state index contributed by atoms with van der Waals surface area (Å²) in [6, 6.07) is 0. The molecule has 140 valence electrons. The average Bonchev–Trinajstić information content (AvgIpc) is 2.47. The van der Waals surface area contributed by atoms with Crippen molar-refractivity contribution in [1.82, 2.24) is 20.4 Å². The summed E-state index contributed by atoms with van der Waals surface area (Å²) in [5.41, 5.74) is 0. The van der Waals surface area contributed by atoms with Crippen LogP contribution in [0.2, 0.25) is 0 Å². The van der Waals surface area contributed by atoms with Crippen LogP contribution in [0.4, 0.5) is 0 Å². The van der Waals surface area contributed by atoms with Crippen molar-refractivity contribution in [3.8, 4) is 0 Å². The quantitative estimate of drug-likeness (QED) is 0.323. The molecule has 0 fully saturated rings. The zero-order valence-corrected chi connectivity index (χ0v) is 16.3. The Bertz CT molecular complexity index is 241. The standard InChI is InChI=1S/C17H40N4O2/c1-17(2,22-15-13-20(5)11-7-9-18-3)23-16-14-21(6)12-8-10-19-4/h18-19H,7-16H2,1-6H3. The van der Waals surface area contributed by atoms with Crippen LogP contribution in [0.1, 0.15) is 26.7 Å². The van der Waals surface area contributed by atoms with Gasteiger partial charge in [-0.05, 0) is 81.1 Å². The Morgan fingerprint density at radius 3 is 1.48 bits per heavy atom. The zero-order chi connectivity index (χ0) is 17.6. The van der Waals surface area contributed by atoms with E-state index in [2.05, 4.69) is 34.5 Å². The molecule has 23 heavy (non-hydrogen) atoms. The molecule has 6 nitrogen and oxygen atoms in total. The van der Waals surface area contributed by atoms with E-state index >= 15 is 0 Å². The molecular weight excluding hydrogens is 292 g/mol. The minimum Gasteiger partial charge on any atom is -0.349 e. The fourth-order valence-electron chi connectivity index (χ4n) is 2.21. The smallest absolute Gasteiger partial charge is 0.162 e. The van der Waals surface area contributed by atoms with Gasteiger partial charge in [0, 0.05) is 13.1 Å². The van der Waals surface area contributed by atoms with Gasteiger partial charge >= 0.3 is 0 Å². The summed E-state index contributed by atoms with van der Waals surface area (Å²) in [6.07, 6.45) is 2.32. The molecule has 0 aromatic heterocycles. The SMILES string of the molecule is CNCCCN(C)CCOC(C)(C)OCCN(C)CCCNC. The van der Waals surface area contributed by atoms with Crippen molar-refractivity contribution < 1.29 is 9.47 Å². The van der Waals surface area contributed by atoms with Crippen molar-refractivity contribution in [1.29, 1.82) is 0 Å². The van der Waals surface area contributed by atoms with Crippen molar-refractivity contribution in [3.05, 3.63) is 0 Å². The summed E-state index contributed by atoms with van der Waals surface area (Å²) < 4.78 is 11.8. The highest BCUT2D eigenvalue weighted by atomic mass is 16.7. The van der Waals surface area contributed by atoms with Crippen molar-refractivity contribution in [2.24, 2.45) is 0 Å². The Balaban J connectivity index is 3.67. The van der Waals surface area contributed by atoms with Crippen LogP contribution in [0.3, 0.4) is 0 Å². The Labute approximate surface area is 143 Å². The number of hydrogen-bond acceptors (Lipinski definition) is 6. The van der Waals surface area contributed by atoms with Crippen LogP contribution in [-0.4, -0.2) is 96.3 Å². The van der Waals surface area contributed by atoms with Gasteiger partial charge in [0.05, 0.1) is 13.2 Å². The van der Waals surface area contributed by atoms with Gasteiger partial charge in [-0.3, -0.25) is 0 Å². The first-order chi connectivity index (χ1) is 10.9. The fourth-order valence-corrected chi connectivity index (χ4v) is 2.21. The van der Waals surface area contributed by atoms with Gasteiger partial charge in [-0.15, -0.1) is 0 Å². The molecule has 0 radical (unpaired) electrons. The lowest BCUT2D eigenvalue weighted by atomic mass is 10.3. The molecule has 0 unspecified atom stereocenters. The second kappa shape index (κ2) is 14.1. The van der Waals surface area contributed by atoms with E-state index in [4.69, 9.17) is 9.47 Å². The molecule has 0 rings (SSSR count). The highest BCUT2D eigenvalue weighted by Gasteiger charge is 2.19. The van der Waals surface area contributed by atoms with Crippen LogP contribution in [-0.2, 0) is 9.47 Å². The summed E-state index contributed by atoms with van der Waals surface area (Å²) >= 11 is 0. The molecule has 6 heteroatoms. The minimum absolute atomic E-state index is 0.516. The molecular formula is C17H40N4O2. The first-order valence-corrected chi connectivity index (χ1v) is 8.85. The van der Waals surface area contributed by atoms with E-state index < -0.39 is 5.79 Å². The predicted molar refractivity (Wildman–Crippen MR) is 98.1 cm³/mol. The summed E-state index contributed by atoms with van der Waals surface area (Å²) in [5.74, 6) is -0.516. The first-order valence-electron chi connectivity index (χ1n) is 8.85. The summed E-state index contributed by atoms with van der Waals surface area (Å²) in [4.78, 5) is 4.59. The number of likely N-dealkylation sites (N-methyl/N-ethyl adjacent to an activating group) is 2. The highest BCUT2D eigenvalue weighted by Crippen LogP contribution is 2.11. The number of ether oxygens (including phenoxy) is 2. The van der Waals surface area contributed by atoms with E-state index in [0.29, 0.717) is 13.2 Å². The molecule has 0 heterocycles. The molecule has 0 spiro atoms. The molecule has 0 aromatic rings. The van der Waals surface area contributed by atoms with Crippen molar-refractivity contribution in [2.75, 3.05) is 80.7 Å². The largest absolute Gasteiger partial charge is 0.349 e. The Hall–Kier alpha value is -0.240. The van der Waals surface area contributed by atoms with E-state index in [1.165, 1.54) is 0 Å². The molecule has 0 atom stereocenters. The molecule has 2 N–H and O–H groups in total. The van der Waals surface area contributed by atoms with Gasteiger partial charge in [-0.1, -0.05) is 0 Å². The first kappa shape index (κ1) is 22.8. The lowest BCUT2D eigenvalue weighted by molar-refractivity contribution is -0.215. The van der Waals surface area contributed by atoms with Gasteiger partial charge in [-0.2, -0.15) is 0 Å². The van der Waals surface area contributed by atoms with Crippen LogP contribution in [0.25, 0.3) is 0 Å². The average molecular weight is 333 g/mol. The zero-order valence-electron chi connectivity index (χ0n) is 16.3. The molecule has 0 aromatic carbocycles. The van der Waals surface area contributed by atoms with E-state index in [9.17, 15) is 0 Å². The number of nitrogens with one attached hydrogen (secondary N) is 2. The predicted octanol–water partition coefficient (Wildman–Crippen LogP) is 0.838.